The minimum Gasteiger partial charge on any atom is -0.484 e. The number of thioether (sulfide) groups is 1. The van der Waals surface area contributed by atoms with Crippen molar-refractivity contribution >= 4 is 29.0 Å². The molecule has 28 heavy (non-hydrogen) atoms. The number of nitrogens with zero attached hydrogens (tertiary/aromatic N) is 3. The van der Waals surface area contributed by atoms with E-state index in [9.17, 15) is 4.79 Å². The number of carbonyl (C=O) groups excluding carboxylic acids is 1. The van der Waals surface area contributed by atoms with Gasteiger partial charge in [0, 0.05) is 25.5 Å². The van der Waals surface area contributed by atoms with Crippen molar-refractivity contribution in [2.24, 2.45) is 0 Å². The predicted molar refractivity (Wildman–Crippen MR) is 110 cm³/mol. The highest BCUT2D eigenvalue weighted by Crippen LogP contribution is 2.20. The monoisotopic (exact) mass is 398 g/mol. The maximum atomic E-state index is 12.1. The van der Waals surface area contributed by atoms with E-state index in [1.807, 2.05) is 74.4 Å². The van der Waals surface area contributed by atoms with Crippen LogP contribution in [0.3, 0.4) is 0 Å². The summed E-state index contributed by atoms with van der Waals surface area (Å²) in [6.45, 7) is 2.18. The van der Waals surface area contributed by atoms with Crippen LogP contribution in [0.1, 0.15) is 11.5 Å². The lowest BCUT2D eigenvalue weighted by Crippen LogP contribution is -2.14. The molecule has 2 aromatic carbocycles. The zero-order chi connectivity index (χ0) is 19.9. The summed E-state index contributed by atoms with van der Waals surface area (Å²) >= 11 is 1.18. The molecule has 0 unspecified atom stereocenters. The Morgan fingerprint density at radius 2 is 1.96 bits per heavy atom. The molecule has 0 aliphatic heterocycles. The highest BCUT2D eigenvalue weighted by molar-refractivity contribution is 7.99. The Balaban J connectivity index is 1.45. The van der Waals surface area contributed by atoms with Crippen molar-refractivity contribution in [1.29, 1.82) is 0 Å². The van der Waals surface area contributed by atoms with E-state index in [1.54, 1.807) is 0 Å². The van der Waals surface area contributed by atoms with Gasteiger partial charge in [-0.05, 0) is 48.9 Å². The van der Waals surface area contributed by atoms with E-state index in [0.29, 0.717) is 11.1 Å². The van der Waals surface area contributed by atoms with Gasteiger partial charge in [0.15, 0.2) is 6.61 Å². The number of hydrogen-bond donors (Lipinski definition) is 1. The van der Waals surface area contributed by atoms with Crippen LogP contribution in [0.4, 0.5) is 11.4 Å². The van der Waals surface area contributed by atoms with E-state index in [0.717, 1.165) is 22.7 Å². The van der Waals surface area contributed by atoms with Crippen molar-refractivity contribution in [1.82, 2.24) is 10.2 Å². The minimum atomic E-state index is -0.140. The third-order valence-corrected chi connectivity index (χ3v) is 4.61. The van der Waals surface area contributed by atoms with Crippen molar-refractivity contribution in [3.05, 3.63) is 60.0 Å². The van der Waals surface area contributed by atoms with Crippen LogP contribution in [-0.2, 0) is 11.4 Å². The molecule has 0 atom stereocenters. The van der Waals surface area contributed by atoms with Gasteiger partial charge in [-0.1, -0.05) is 23.9 Å². The number of rotatable bonds is 8. The molecule has 146 valence electrons. The lowest BCUT2D eigenvalue weighted by atomic mass is 10.2. The molecule has 3 aromatic rings. The second-order valence-corrected chi connectivity index (χ2v) is 7.27. The topological polar surface area (TPSA) is 80.5 Å². The first-order valence-corrected chi connectivity index (χ1v) is 9.70. The van der Waals surface area contributed by atoms with Gasteiger partial charge in [-0.2, -0.15) is 0 Å². The average molecular weight is 398 g/mol. The lowest BCUT2D eigenvalue weighted by Gasteiger charge is -2.12. The lowest BCUT2D eigenvalue weighted by molar-refractivity contribution is -0.113. The van der Waals surface area contributed by atoms with Crippen LogP contribution in [0.5, 0.6) is 5.75 Å². The average Bonchev–Trinajstić information content (AvgIpc) is 3.13. The zero-order valence-corrected chi connectivity index (χ0v) is 16.8. The van der Waals surface area contributed by atoms with Crippen LogP contribution in [-0.4, -0.2) is 36.0 Å². The first-order valence-electron chi connectivity index (χ1n) is 8.71. The van der Waals surface area contributed by atoms with Gasteiger partial charge in [0.1, 0.15) is 5.75 Å². The highest BCUT2D eigenvalue weighted by atomic mass is 32.2. The summed E-state index contributed by atoms with van der Waals surface area (Å²) < 4.78 is 11.1. The number of aryl methyl sites for hydroxylation is 1. The maximum Gasteiger partial charge on any atom is 0.277 e. The zero-order valence-electron chi connectivity index (χ0n) is 16.0. The summed E-state index contributed by atoms with van der Waals surface area (Å²) in [5.41, 5.74) is 2.93. The summed E-state index contributed by atoms with van der Waals surface area (Å²) in [7, 11) is 3.93. The Hall–Kier alpha value is -3.00. The standard InChI is InChI=1S/C20H22N4O3S/c1-14-5-4-6-17(11-14)26-12-19-22-23-20(27-19)28-13-18(25)21-15-7-9-16(10-8-15)24(2)3/h4-11H,12-13H2,1-3H3,(H,21,25). The number of ether oxygens (including phenoxy) is 1. The molecule has 0 fully saturated rings. The Bertz CT molecular complexity index is 925. The largest absolute Gasteiger partial charge is 0.484 e. The Kier molecular flexibility index (Phi) is 6.54. The fourth-order valence-electron chi connectivity index (χ4n) is 2.37. The summed E-state index contributed by atoms with van der Waals surface area (Å²) in [5, 5.41) is 11.1. The Morgan fingerprint density at radius 1 is 1.18 bits per heavy atom. The van der Waals surface area contributed by atoms with Gasteiger partial charge in [0.25, 0.3) is 11.1 Å². The summed E-state index contributed by atoms with van der Waals surface area (Å²) in [6, 6.07) is 15.3. The number of hydrogen-bond acceptors (Lipinski definition) is 7. The molecule has 1 aromatic heterocycles. The first kappa shape index (κ1) is 19.8. The molecule has 1 heterocycles. The fourth-order valence-corrected chi connectivity index (χ4v) is 2.95. The molecule has 0 radical (unpaired) electrons. The van der Waals surface area contributed by atoms with Crippen molar-refractivity contribution in [2.75, 3.05) is 30.1 Å². The van der Waals surface area contributed by atoms with E-state index in [-0.39, 0.29) is 18.3 Å². The van der Waals surface area contributed by atoms with Crippen molar-refractivity contribution < 1.29 is 13.9 Å². The number of anilines is 2. The molecule has 3 rings (SSSR count). The van der Waals surface area contributed by atoms with E-state index in [4.69, 9.17) is 9.15 Å². The highest BCUT2D eigenvalue weighted by Gasteiger charge is 2.11. The van der Waals surface area contributed by atoms with Crippen LogP contribution in [0.25, 0.3) is 0 Å². The molecule has 0 spiro atoms. The molecule has 8 heteroatoms. The van der Waals surface area contributed by atoms with Crippen molar-refractivity contribution in [3.8, 4) is 5.75 Å². The molecule has 0 saturated carbocycles. The second-order valence-electron chi connectivity index (χ2n) is 6.35. The maximum absolute atomic E-state index is 12.1. The smallest absolute Gasteiger partial charge is 0.277 e. The molecule has 7 nitrogen and oxygen atoms in total. The third kappa shape index (κ3) is 5.75. The van der Waals surface area contributed by atoms with Gasteiger partial charge >= 0.3 is 0 Å². The predicted octanol–water partition coefficient (Wildman–Crippen LogP) is 3.75. The Morgan fingerprint density at radius 3 is 2.68 bits per heavy atom. The SMILES string of the molecule is Cc1cccc(OCc2nnc(SCC(=O)Nc3ccc(N(C)C)cc3)o2)c1. The molecule has 1 N–H and O–H groups in total. The van der Waals surface area contributed by atoms with Crippen LogP contribution < -0.4 is 15.0 Å². The van der Waals surface area contributed by atoms with E-state index in [2.05, 4.69) is 15.5 Å². The number of carbonyl (C=O) groups is 1. The molecular formula is C20H22N4O3S. The second kappa shape index (κ2) is 9.27. The van der Waals surface area contributed by atoms with E-state index in [1.165, 1.54) is 11.8 Å². The van der Waals surface area contributed by atoms with Crippen molar-refractivity contribution in [3.63, 3.8) is 0 Å². The van der Waals surface area contributed by atoms with Gasteiger partial charge < -0.3 is 19.4 Å². The van der Waals surface area contributed by atoms with Gasteiger partial charge in [-0.15, -0.1) is 10.2 Å². The van der Waals surface area contributed by atoms with Gasteiger partial charge in [0.05, 0.1) is 5.75 Å². The fraction of sp³-hybridized carbons (Fsp3) is 0.250. The normalized spacial score (nSPS) is 10.5. The van der Waals surface area contributed by atoms with Crippen LogP contribution >= 0.6 is 11.8 Å². The summed E-state index contributed by atoms with van der Waals surface area (Å²) in [6.07, 6.45) is 0. The van der Waals surface area contributed by atoms with Gasteiger partial charge in [-0.25, -0.2) is 0 Å². The van der Waals surface area contributed by atoms with E-state index < -0.39 is 0 Å². The molecule has 0 aliphatic rings. The number of nitrogens with one attached hydrogen (secondary N) is 1. The molecular weight excluding hydrogens is 376 g/mol. The van der Waals surface area contributed by atoms with Crippen LogP contribution in [0.2, 0.25) is 0 Å². The molecule has 0 aliphatic carbocycles. The number of benzene rings is 2. The molecule has 0 saturated heterocycles. The third-order valence-electron chi connectivity index (χ3n) is 3.79. The summed E-state index contributed by atoms with van der Waals surface area (Å²) in [5.74, 6) is 1.14. The van der Waals surface area contributed by atoms with Gasteiger partial charge in [-0.3, -0.25) is 4.79 Å². The number of aromatic nitrogens is 2. The van der Waals surface area contributed by atoms with Crippen LogP contribution in [0.15, 0.2) is 58.2 Å². The van der Waals surface area contributed by atoms with Crippen LogP contribution in [0, 0.1) is 6.92 Å². The van der Waals surface area contributed by atoms with Crippen molar-refractivity contribution in [2.45, 2.75) is 18.8 Å². The molecule has 1 amide bonds. The van der Waals surface area contributed by atoms with Gasteiger partial charge in [0.2, 0.25) is 5.91 Å². The minimum absolute atomic E-state index is 0.140. The first-order chi connectivity index (χ1) is 13.5. The summed E-state index contributed by atoms with van der Waals surface area (Å²) in [4.78, 5) is 14.1. The number of amides is 1. The molecule has 0 bridgehead atoms. The van der Waals surface area contributed by atoms with E-state index >= 15 is 0 Å². The Labute approximate surface area is 168 Å². The quantitative estimate of drug-likeness (QED) is 0.579.